The van der Waals surface area contributed by atoms with Gasteiger partial charge in [-0.3, -0.25) is 4.79 Å². The van der Waals surface area contributed by atoms with Crippen LogP contribution in [0.25, 0.3) is 0 Å². The van der Waals surface area contributed by atoms with Crippen molar-refractivity contribution in [3.8, 4) is 5.75 Å². The van der Waals surface area contributed by atoms with Crippen LogP contribution in [-0.2, 0) is 13.1 Å². The lowest BCUT2D eigenvalue weighted by atomic mass is 10.1. The molecule has 0 atom stereocenters. The van der Waals surface area contributed by atoms with E-state index >= 15 is 0 Å². The number of piperidine rings is 1. The molecule has 28 heavy (non-hydrogen) atoms. The Bertz CT molecular complexity index is 799. The van der Waals surface area contributed by atoms with Crippen LogP contribution in [0, 0.1) is 0 Å². The molecule has 3 rings (SSSR count). The third kappa shape index (κ3) is 5.49. The molecule has 0 saturated carbocycles. The van der Waals surface area contributed by atoms with Crippen LogP contribution in [0.3, 0.4) is 0 Å². The lowest BCUT2D eigenvalue weighted by Gasteiger charge is -2.26. The predicted octanol–water partition coefficient (Wildman–Crippen LogP) is 3.32. The van der Waals surface area contributed by atoms with Crippen molar-refractivity contribution < 1.29 is 14.3 Å². The van der Waals surface area contributed by atoms with E-state index in [0.717, 1.165) is 42.8 Å². The molecule has 1 fully saturated rings. The fourth-order valence-electron chi connectivity index (χ4n) is 3.26. The van der Waals surface area contributed by atoms with Crippen molar-refractivity contribution in [3.63, 3.8) is 0 Å². The summed E-state index contributed by atoms with van der Waals surface area (Å²) in [6.45, 7) is 2.46. The number of carbonyl (C=O) groups is 2. The highest BCUT2D eigenvalue weighted by Gasteiger charge is 2.18. The van der Waals surface area contributed by atoms with Crippen molar-refractivity contribution in [1.29, 1.82) is 0 Å². The van der Waals surface area contributed by atoms with E-state index in [2.05, 4.69) is 10.6 Å². The standard InChI is InChI=1S/C22H27N3O3/c1-28-20-10-8-17(9-11-20)15-23-22(27)24-16-18-6-5-7-19(14-18)21(26)25-12-3-2-4-13-25/h5-11,14H,2-4,12-13,15-16H2,1H3,(H2,23,24,27). The first-order valence-corrected chi connectivity index (χ1v) is 9.68. The van der Waals surface area contributed by atoms with Gasteiger partial charge in [0.25, 0.3) is 5.91 Å². The van der Waals surface area contributed by atoms with Gasteiger partial charge in [-0.1, -0.05) is 24.3 Å². The number of hydrogen-bond donors (Lipinski definition) is 2. The van der Waals surface area contributed by atoms with Crippen LogP contribution in [0.15, 0.2) is 48.5 Å². The van der Waals surface area contributed by atoms with Gasteiger partial charge in [-0.15, -0.1) is 0 Å². The molecule has 2 aromatic rings. The van der Waals surface area contributed by atoms with Crippen molar-refractivity contribution in [2.75, 3.05) is 20.2 Å². The molecule has 0 radical (unpaired) electrons. The zero-order valence-corrected chi connectivity index (χ0v) is 16.2. The quantitative estimate of drug-likeness (QED) is 0.806. The summed E-state index contributed by atoms with van der Waals surface area (Å²) in [5, 5.41) is 5.67. The Morgan fingerprint density at radius 2 is 1.61 bits per heavy atom. The molecule has 1 heterocycles. The van der Waals surface area contributed by atoms with Gasteiger partial charge in [-0.2, -0.15) is 0 Å². The lowest BCUT2D eigenvalue weighted by Crippen LogP contribution is -2.36. The van der Waals surface area contributed by atoms with Gasteiger partial charge in [0.15, 0.2) is 0 Å². The Labute approximate surface area is 165 Å². The number of nitrogens with one attached hydrogen (secondary N) is 2. The van der Waals surface area contributed by atoms with Gasteiger partial charge in [-0.25, -0.2) is 4.79 Å². The number of benzene rings is 2. The minimum absolute atomic E-state index is 0.0745. The minimum Gasteiger partial charge on any atom is -0.497 e. The van der Waals surface area contributed by atoms with Crippen molar-refractivity contribution in [2.45, 2.75) is 32.4 Å². The fraction of sp³-hybridized carbons (Fsp3) is 0.364. The van der Waals surface area contributed by atoms with E-state index in [-0.39, 0.29) is 11.9 Å². The second-order valence-electron chi connectivity index (χ2n) is 6.94. The molecule has 3 amide bonds. The first kappa shape index (κ1) is 19.7. The molecule has 0 aliphatic carbocycles. The number of hydrogen-bond acceptors (Lipinski definition) is 3. The van der Waals surface area contributed by atoms with Crippen LogP contribution >= 0.6 is 0 Å². The van der Waals surface area contributed by atoms with E-state index in [9.17, 15) is 9.59 Å². The maximum Gasteiger partial charge on any atom is 0.315 e. The number of methoxy groups -OCH3 is 1. The Morgan fingerprint density at radius 1 is 0.929 bits per heavy atom. The molecule has 1 saturated heterocycles. The number of urea groups is 1. The number of likely N-dealkylation sites (tertiary alicyclic amines) is 1. The summed E-state index contributed by atoms with van der Waals surface area (Å²) >= 11 is 0. The van der Waals surface area contributed by atoms with E-state index in [1.165, 1.54) is 6.42 Å². The molecule has 2 aromatic carbocycles. The summed E-state index contributed by atoms with van der Waals surface area (Å²) in [7, 11) is 1.62. The highest BCUT2D eigenvalue weighted by molar-refractivity contribution is 5.94. The molecular formula is C22H27N3O3. The van der Waals surface area contributed by atoms with Gasteiger partial charge in [0.1, 0.15) is 5.75 Å². The average molecular weight is 381 g/mol. The molecule has 6 heteroatoms. The fourth-order valence-corrected chi connectivity index (χ4v) is 3.26. The Balaban J connectivity index is 1.48. The summed E-state index contributed by atoms with van der Waals surface area (Å²) in [6, 6.07) is 14.8. The molecule has 1 aliphatic heterocycles. The van der Waals surface area contributed by atoms with Crippen molar-refractivity contribution in [3.05, 3.63) is 65.2 Å². The van der Waals surface area contributed by atoms with Gasteiger partial charge in [0.2, 0.25) is 0 Å². The van der Waals surface area contributed by atoms with Crippen LogP contribution in [0.2, 0.25) is 0 Å². The third-order valence-corrected chi connectivity index (χ3v) is 4.88. The normalized spacial score (nSPS) is 13.7. The molecule has 0 spiro atoms. The number of carbonyl (C=O) groups excluding carboxylic acids is 2. The molecule has 1 aliphatic rings. The Kier molecular flexibility index (Phi) is 6.89. The van der Waals surface area contributed by atoms with Crippen LogP contribution in [0.5, 0.6) is 5.75 Å². The number of rotatable bonds is 6. The van der Waals surface area contributed by atoms with Crippen LogP contribution < -0.4 is 15.4 Å². The zero-order chi connectivity index (χ0) is 19.8. The largest absolute Gasteiger partial charge is 0.497 e. The summed E-state index contributed by atoms with van der Waals surface area (Å²) in [5.74, 6) is 0.859. The molecule has 6 nitrogen and oxygen atoms in total. The Morgan fingerprint density at radius 3 is 2.29 bits per heavy atom. The second kappa shape index (κ2) is 9.78. The summed E-state index contributed by atoms with van der Waals surface area (Å²) in [6.07, 6.45) is 3.34. The van der Waals surface area contributed by atoms with Gasteiger partial charge >= 0.3 is 6.03 Å². The third-order valence-electron chi connectivity index (χ3n) is 4.88. The molecule has 148 valence electrons. The number of nitrogens with zero attached hydrogens (tertiary/aromatic N) is 1. The summed E-state index contributed by atoms with van der Waals surface area (Å²) in [5.41, 5.74) is 2.58. The minimum atomic E-state index is -0.247. The number of ether oxygens (including phenoxy) is 1. The Hall–Kier alpha value is -3.02. The lowest BCUT2D eigenvalue weighted by molar-refractivity contribution is 0.0724. The highest BCUT2D eigenvalue weighted by atomic mass is 16.5. The van der Waals surface area contributed by atoms with E-state index in [4.69, 9.17) is 4.74 Å². The van der Waals surface area contributed by atoms with Gasteiger partial charge in [-0.05, 0) is 54.7 Å². The number of amides is 3. The maximum atomic E-state index is 12.6. The van der Waals surface area contributed by atoms with Gasteiger partial charge in [0, 0.05) is 31.7 Å². The maximum absolute atomic E-state index is 12.6. The second-order valence-corrected chi connectivity index (χ2v) is 6.94. The first-order chi connectivity index (χ1) is 13.7. The summed E-state index contributed by atoms with van der Waals surface area (Å²) in [4.78, 5) is 26.6. The average Bonchev–Trinajstić information content (AvgIpc) is 2.77. The van der Waals surface area contributed by atoms with Gasteiger partial charge in [0.05, 0.1) is 7.11 Å². The van der Waals surface area contributed by atoms with Gasteiger partial charge < -0.3 is 20.3 Å². The molecule has 2 N–H and O–H groups in total. The highest BCUT2D eigenvalue weighted by Crippen LogP contribution is 2.14. The zero-order valence-electron chi connectivity index (χ0n) is 16.2. The van der Waals surface area contributed by atoms with E-state index < -0.39 is 0 Å². The summed E-state index contributed by atoms with van der Waals surface area (Å²) < 4.78 is 5.12. The monoisotopic (exact) mass is 381 g/mol. The molecule has 0 aromatic heterocycles. The molecule has 0 unspecified atom stereocenters. The topological polar surface area (TPSA) is 70.7 Å². The van der Waals surface area contributed by atoms with Crippen LogP contribution in [0.1, 0.15) is 40.7 Å². The van der Waals surface area contributed by atoms with E-state index in [0.29, 0.717) is 18.7 Å². The van der Waals surface area contributed by atoms with Crippen LogP contribution in [0.4, 0.5) is 4.79 Å². The van der Waals surface area contributed by atoms with E-state index in [1.54, 1.807) is 7.11 Å². The molecule has 0 bridgehead atoms. The van der Waals surface area contributed by atoms with E-state index in [1.807, 2.05) is 53.4 Å². The predicted molar refractivity (Wildman–Crippen MR) is 108 cm³/mol. The van der Waals surface area contributed by atoms with Crippen molar-refractivity contribution >= 4 is 11.9 Å². The van der Waals surface area contributed by atoms with Crippen molar-refractivity contribution in [2.24, 2.45) is 0 Å². The smallest absolute Gasteiger partial charge is 0.315 e. The molecular weight excluding hydrogens is 354 g/mol. The first-order valence-electron chi connectivity index (χ1n) is 9.68. The van der Waals surface area contributed by atoms with Crippen LogP contribution in [-0.4, -0.2) is 37.0 Å². The van der Waals surface area contributed by atoms with Crippen molar-refractivity contribution in [1.82, 2.24) is 15.5 Å². The SMILES string of the molecule is COc1ccc(CNC(=O)NCc2cccc(C(=O)N3CCCCC3)c2)cc1.